The number of nitrogens with one attached hydrogen (secondary N) is 1. The van der Waals surface area contributed by atoms with Crippen molar-refractivity contribution < 1.29 is 4.79 Å². The molecule has 0 spiro atoms. The number of nitrogens with zero attached hydrogens (tertiary/aromatic N) is 2. The van der Waals surface area contributed by atoms with Crippen LogP contribution in [0.3, 0.4) is 0 Å². The number of aromatic nitrogens is 2. The highest BCUT2D eigenvalue weighted by Gasteiger charge is 2.21. The van der Waals surface area contributed by atoms with Crippen molar-refractivity contribution >= 4 is 17.7 Å². The summed E-state index contributed by atoms with van der Waals surface area (Å²) >= 11 is 1.42. The molecule has 3 N–H and O–H groups in total. The summed E-state index contributed by atoms with van der Waals surface area (Å²) in [5, 5.41) is 3.71. The Morgan fingerprint density at radius 2 is 2.17 bits per heavy atom. The summed E-state index contributed by atoms with van der Waals surface area (Å²) in [4.78, 5) is 12.8. The van der Waals surface area contributed by atoms with E-state index in [0.29, 0.717) is 0 Å². The minimum absolute atomic E-state index is 0.227. The second kappa shape index (κ2) is 5.70. The minimum atomic E-state index is -0.375. The van der Waals surface area contributed by atoms with Crippen molar-refractivity contribution in [3.8, 4) is 0 Å². The van der Waals surface area contributed by atoms with E-state index in [1.54, 1.807) is 10.9 Å². The molecule has 0 saturated carbocycles. The fourth-order valence-electron chi connectivity index (χ4n) is 1.57. The highest BCUT2D eigenvalue weighted by atomic mass is 32.2. The molecule has 0 saturated heterocycles. The van der Waals surface area contributed by atoms with E-state index < -0.39 is 0 Å². The minimum Gasteiger partial charge on any atom is -0.293 e. The van der Waals surface area contributed by atoms with Gasteiger partial charge in [0.15, 0.2) is 0 Å². The van der Waals surface area contributed by atoms with E-state index in [2.05, 4.69) is 10.5 Å². The SMILES string of the molecule is Cn1cc(SC(C(=O)NN)c2ccccc2)cn1. The lowest BCUT2D eigenvalue weighted by atomic mass is 10.1. The lowest BCUT2D eigenvalue weighted by molar-refractivity contribution is -0.120. The highest BCUT2D eigenvalue weighted by molar-refractivity contribution is 8.00. The maximum atomic E-state index is 11.8. The number of amides is 1. The molecule has 1 amide bonds. The maximum absolute atomic E-state index is 11.8. The molecule has 1 heterocycles. The highest BCUT2D eigenvalue weighted by Crippen LogP contribution is 2.34. The van der Waals surface area contributed by atoms with Crippen LogP contribution in [0, 0.1) is 0 Å². The van der Waals surface area contributed by atoms with Crippen LogP contribution in [0.15, 0.2) is 47.6 Å². The zero-order valence-corrected chi connectivity index (χ0v) is 10.7. The van der Waals surface area contributed by atoms with E-state index >= 15 is 0 Å². The number of carbonyl (C=O) groups excluding carboxylic acids is 1. The molecule has 2 rings (SSSR count). The standard InChI is InChI=1S/C12H14N4OS/c1-16-8-10(7-14-16)18-11(12(17)15-13)9-5-3-2-4-6-9/h2-8,11H,13H2,1H3,(H,15,17). The molecule has 0 radical (unpaired) electrons. The molecule has 0 bridgehead atoms. The molecule has 6 heteroatoms. The number of aryl methyl sites for hydroxylation is 1. The van der Waals surface area contributed by atoms with Gasteiger partial charge in [-0.05, 0) is 5.56 Å². The number of hydrazine groups is 1. The van der Waals surface area contributed by atoms with Crippen molar-refractivity contribution in [2.24, 2.45) is 12.9 Å². The molecule has 2 aromatic rings. The van der Waals surface area contributed by atoms with Gasteiger partial charge in [0.05, 0.1) is 6.20 Å². The first-order chi connectivity index (χ1) is 8.70. The first kappa shape index (κ1) is 12.7. The number of hydrogen-bond acceptors (Lipinski definition) is 4. The van der Waals surface area contributed by atoms with Gasteiger partial charge >= 0.3 is 0 Å². The quantitative estimate of drug-likeness (QED) is 0.376. The van der Waals surface area contributed by atoms with Crippen molar-refractivity contribution in [1.82, 2.24) is 15.2 Å². The smallest absolute Gasteiger partial charge is 0.251 e. The van der Waals surface area contributed by atoms with Gasteiger partial charge in [0.2, 0.25) is 0 Å². The summed E-state index contributed by atoms with van der Waals surface area (Å²) in [6.07, 6.45) is 3.59. The van der Waals surface area contributed by atoms with Crippen LogP contribution in [-0.4, -0.2) is 15.7 Å². The van der Waals surface area contributed by atoms with Gasteiger partial charge in [0.1, 0.15) is 5.25 Å². The molecule has 1 aromatic carbocycles. The summed E-state index contributed by atoms with van der Waals surface area (Å²) < 4.78 is 1.70. The number of carbonyl (C=O) groups is 1. The number of benzene rings is 1. The van der Waals surface area contributed by atoms with Crippen molar-refractivity contribution in [3.63, 3.8) is 0 Å². The lowest BCUT2D eigenvalue weighted by Gasteiger charge is -2.14. The first-order valence-electron chi connectivity index (χ1n) is 5.41. The van der Waals surface area contributed by atoms with E-state index in [9.17, 15) is 4.79 Å². The molecule has 0 aliphatic carbocycles. The average molecular weight is 262 g/mol. The molecule has 5 nitrogen and oxygen atoms in total. The molecule has 94 valence electrons. The van der Waals surface area contributed by atoms with Crippen LogP contribution in [0.25, 0.3) is 0 Å². The summed E-state index contributed by atoms with van der Waals surface area (Å²) in [5.41, 5.74) is 3.12. The Morgan fingerprint density at radius 1 is 1.44 bits per heavy atom. The molecular formula is C12H14N4OS. The Balaban J connectivity index is 2.24. The number of hydrogen-bond donors (Lipinski definition) is 2. The predicted molar refractivity (Wildman–Crippen MR) is 70.6 cm³/mol. The summed E-state index contributed by atoms with van der Waals surface area (Å²) in [6.45, 7) is 0. The van der Waals surface area contributed by atoms with Gasteiger partial charge in [-0.15, -0.1) is 11.8 Å². The Hall–Kier alpha value is -1.79. The first-order valence-corrected chi connectivity index (χ1v) is 6.29. The second-order valence-electron chi connectivity index (χ2n) is 3.77. The molecule has 18 heavy (non-hydrogen) atoms. The number of nitrogens with two attached hydrogens (primary N) is 1. The van der Waals surface area contributed by atoms with E-state index in [1.165, 1.54) is 11.8 Å². The third-order valence-electron chi connectivity index (χ3n) is 2.42. The van der Waals surface area contributed by atoms with Crippen molar-refractivity contribution in [2.45, 2.75) is 10.1 Å². The maximum Gasteiger partial charge on any atom is 0.251 e. The van der Waals surface area contributed by atoms with Crippen molar-refractivity contribution in [3.05, 3.63) is 48.3 Å². The van der Waals surface area contributed by atoms with Gasteiger partial charge in [-0.1, -0.05) is 30.3 Å². The zero-order valence-electron chi connectivity index (χ0n) is 9.91. The Labute approximate surface area is 109 Å². The van der Waals surface area contributed by atoms with Crippen LogP contribution in [0.2, 0.25) is 0 Å². The van der Waals surface area contributed by atoms with Crippen LogP contribution >= 0.6 is 11.8 Å². The van der Waals surface area contributed by atoms with Crippen LogP contribution in [-0.2, 0) is 11.8 Å². The second-order valence-corrected chi connectivity index (χ2v) is 4.95. The lowest BCUT2D eigenvalue weighted by Crippen LogP contribution is -2.33. The van der Waals surface area contributed by atoms with Crippen LogP contribution in [0.4, 0.5) is 0 Å². The zero-order chi connectivity index (χ0) is 13.0. The van der Waals surface area contributed by atoms with E-state index in [1.807, 2.05) is 43.6 Å². The van der Waals surface area contributed by atoms with Gasteiger partial charge in [0.25, 0.3) is 5.91 Å². The molecule has 0 aliphatic rings. The van der Waals surface area contributed by atoms with Gasteiger partial charge in [0, 0.05) is 18.1 Å². The van der Waals surface area contributed by atoms with E-state index in [4.69, 9.17) is 5.84 Å². The van der Waals surface area contributed by atoms with Crippen LogP contribution < -0.4 is 11.3 Å². The van der Waals surface area contributed by atoms with E-state index in [0.717, 1.165) is 10.5 Å². The van der Waals surface area contributed by atoms with Gasteiger partial charge in [-0.25, -0.2) is 5.84 Å². The topological polar surface area (TPSA) is 72.9 Å². The number of thioether (sulfide) groups is 1. The fourth-order valence-corrected chi connectivity index (χ4v) is 2.63. The molecular weight excluding hydrogens is 248 g/mol. The summed E-state index contributed by atoms with van der Waals surface area (Å²) in [6, 6.07) is 9.52. The third-order valence-corrected chi connectivity index (χ3v) is 3.62. The summed E-state index contributed by atoms with van der Waals surface area (Å²) in [7, 11) is 1.84. The molecule has 1 unspecified atom stereocenters. The molecule has 1 aromatic heterocycles. The summed E-state index contributed by atoms with van der Waals surface area (Å²) in [5.74, 6) is 5.01. The van der Waals surface area contributed by atoms with E-state index in [-0.39, 0.29) is 11.2 Å². The predicted octanol–water partition coefficient (Wildman–Crippen LogP) is 1.24. The molecule has 0 fully saturated rings. The Kier molecular flexibility index (Phi) is 4.01. The van der Waals surface area contributed by atoms with Crippen molar-refractivity contribution in [2.75, 3.05) is 0 Å². The largest absolute Gasteiger partial charge is 0.293 e. The Morgan fingerprint density at radius 3 is 2.72 bits per heavy atom. The molecule has 1 atom stereocenters. The fraction of sp³-hybridized carbons (Fsp3) is 0.167. The van der Waals surface area contributed by atoms with Gasteiger partial charge in [-0.2, -0.15) is 5.10 Å². The third kappa shape index (κ3) is 2.91. The monoisotopic (exact) mass is 262 g/mol. The van der Waals surface area contributed by atoms with Crippen LogP contribution in [0.5, 0.6) is 0 Å². The number of rotatable bonds is 4. The molecule has 0 aliphatic heterocycles. The van der Waals surface area contributed by atoms with Gasteiger partial charge in [-0.3, -0.25) is 14.9 Å². The van der Waals surface area contributed by atoms with Crippen molar-refractivity contribution in [1.29, 1.82) is 0 Å². The van der Waals surface area contributed by atoms with Crippen LogP contribution in [0.1, 0.15) is 10.8 Å². The van der Waals surface area contributed by atoms with Gasteiger partial charge < -0.3 is 0 Å². The normalized spacial score (nSPS) is 12.1. The Bertz CT molecular complexity index is 526. The average Bonchev–Trinajstić information content (AvgIpc) is 2.82.